The van der Waals surface area contributed by atoms with Gasteiger partial charge in [0.15, 0.2) is 0 Å². The number of hydrogen-bond donors (Lipinski definition) is 1. The molecule has 2 aliphatic rings. The number of piperidine rings is 1. The first-order valence-corrected chi connectivity index (χ1v) is 9.47. The van der Waals surface area contributed by atoms with E-state index in [9.17, 15) is 9.90 Å². The summed E-state index contributed by atoms with van der Waals surface area (Å²) in [7, 11) is 0. The Labute approximate surface area is 154 Å². The number of hydrogen-bond acceptors (Lipinski definition) is 4. The number of aliphatic hydroxyl groups excluding tert-OH is 1. The fourth-order valence-electron chi connectivity index (χ4n) is 5.13. The lowest BCUT2D eigenvalue weighted by atomic mass is 9.89. The van der Waals surface area contributed by atoms with Crippen molar-refractivity contribution in [1.82, 2.24) is 14.8 Å². The summed E-state index contributed by atoms with van der Waals surface area (Å²) in [6, 6.07) is 10.7. The summed E-state index contributed by atoms with van der Waals surface area (Å²) in [6.07, 6.45) is 3.70. The SMILES string of the molecule is CC(=O)N1[C@H]2CCN(Cc3cccc4cccnc34)C[C@@H]2C[C@]1(C)CO. The number of benzene rings is 1. The van der Waals surface area contributed by atoms with E-state index < -0.39 is 5.54 Å². The molecule has 1 N–H and O–H groups in total. The smallest absolute Gasteiger partial charge is 0.220 e. The van der Waals surface area contributed by atoms with Crippen LogP contribution in [0.4, 0.5) is 0 Å². The summed E-state index contributed by atoms with van der Waals surface area (Å²) in [6.45, 7) is 6.50. The maximum atomic E-state index is 12.2. The molecule has 1 amide bonds. The van der Waals surface area contributed by atoms with Gasteiger partial charge < -0.3 is 10.0 Å². The van der Waals surface area contributed by atoms with Crippen molar-refractivity contribution in [3.8, 4) is 0 Å². The average molecular weight is 353 g/mol. The monoisotopic (exact) mass is 353 g/mol. The Morgan fingerprint density at radius 1 is 1.35 bits per heavy atom. The van der Waals surface area contributed by atoms with Crippen LogP contribution in [0.3, 0.4) is 0 Å². The van der Waals surface area contributed by atoms with Gasteiger partial charge in [0.2, 0.25) is 5.91 Å². The number of pyridine rings is 1. The van der Waals surface area contributed by atoms with Gasteiger partial charge in [0.1, 0.15) is 0 Å². The van der Waals surface area contributed by atoms with Crippen molar-refractivity contribution in [2.24, 2.45) is 5.92 Å². The second kappa shape index (κ2) is 6.63. The molecule has 0 bridgehead atoms. The minimum Gasteiger partial charge on any atom is -0.394 e. The molecule has 5 nitrogen and oxygen atoms in total. The zero-order valence-electron chi connectivity index (χ0n) is 15.6. The number of amides is 1. The van der Waals surface area contributed by atoms with Crippen LogP contribution in [0.1, 0.15) is 32.3 Å². The first-order chi connectivity index (χ1) is 12.5. The van der Waals surface area contributed by atoms with Gasteiger partial charge in [-0.25, -0.2) is 0 Å². The standard InChI is InChI=1S/C21H27N3O2/c1-15(26)24-19-8-10-23(13-18(19)11-21(24,2)14-25)12-17-6-3-5-16-7-4-9-22-20(16)17/h3-7,9,18-19,25H,8,10-14H2,1-2H3/t18-,19-,21+/m0/s1. The fraction of sp³-hybridized carbons (Fsp3) is 0.524. The van der Waals surface area contributed by atoms with Gasteiger partial charge in [-0.3, -0.25) is 14.7 Å². The predicted molar refractivity (Wildman–Crippen MR) is 102 cm³/mol. The first kappa shape index (κ1) is 17.4. The summed E-state index contributed by atoms with van der Waals surface area (Å²) >= 11 is 0. The predicted octanol–water partition coefficient (Wildman–Crippen LogP) is 2.43. The second-order valence-corrected chi connectivity index (χ2v) is 8.09. The number of aromatic nitrogens is 1. The molecule has 2 aromatic rings. The molecule has 0 saturated carbocycles. The highest BCUT2D eigenvalue weighted by molar-refractivity contribution is 5.81. The Hall–Kier alpha value is -1.98. The van der Waals surface area contributed by atoms with Gasteiger partial charge in [0.05, 0.1) is 17.7 Å². The van der Waals surface area contributed by atoms with Crippen molar-refractivity contribution in [3.63, 3.8) is 0 Å². The van der Waals surface area contributed by atoms with E-state index in [-0.39, 0.29) is 18.6 Å². The van der Waals surface area contributed by atoms with Gasteiger partial charge in [-0.05, 0) is 37.3 Å². The van der Waals surface area contributed by atoms with E-state index in [1.807, 2.05) is 24.1 Å². The summed E-state index contributed by atoms with van der Waals surface area (Å²) in [5.41, 5.74) is 1.92. The third-order valence-electron chi connectivity index (χ3n) is 6.18. The molecule has 5 heteroatoms. The molecule has 1 aromatic heterocycles. The van der Waals surface area contributed by atoms with E-state index in [4.69, 9.17) is 0 Å². The highest BCUT2D eigenvalue weighted by Gasteiger charge is 2.51. The third kappa shape index (κ3) is 2.89. The lowest BCUT2D eigenvalue weighted by molar-refractivity contribution is -0.137. The first-order valence-electron chi connectivity index (χ1n) is 9.47. The molecule has 138 valence electrons. The van der Waals surface area contributed by atoms with Crippen molar-refractivity contribution in [3.05, 3.63) is 42.1 Å². The van der Waals surface area contributed by atoms with Crippen LogP contribution in [0, 0.1) is 5.92 Å². The highest BCUT2D eigenvalue weighted by atomic mass is 16.3. The van der Waals surface area contributed by atoms with Crippen molar-refractivity contribution < 1.29 is 9.90 Å². The summed E-state index contributed by atoms with van der Waals surface area (Å²) in [5.74, 6) is 0.508. The topological polar surface area (TPSA) is 56.7 Å². The van der Waals surface area contributed by atoms with Crippen LogP contribution in [0.2, 0.25) is 0 Å². The van der Waals surface area contributed by atoms with Crippen LogP contribution < -0.4 is 0 Å². The number of rotatable bonds is 3. The Bertz CT molecular complexity index is 819. The van der Waals surface area contributed by atoms with Gasteiger partial charge >= 0.3 is 0 Å². The van der Waals surface area contributed by atoms with Gasteiger partial charge in [0, 0.05) is 44.2 Å². The molecule has 0 radical (unpaired) electrons. The number of fused-ring (bicyclic) bond motifs is 2. The molecule has 2 aliphatic heterocycles. The molecule has 2 saturated heterocycles. The largest absolute Gasteiger partial charge is 0.394 e. The number of aliphatic hydroxyl groups is 1. The maximum absolute atomic E-state index is 12.2. The van der Waals surface area contributed by atoms with Crippen molar-refractivity contribution in [2.45, 2.75) is 44.8 Å². The summed E-state index contributed by atoms with van der Waals surface area (Å²) in [5, 5.41) is 11.1. The normalized spacial score (nSPS) is 29.1. The molecular formula is C21H27N3O2. The lowest BCUT2D eigenvalue weighted by Crippen LogP contribution is -2.52. The zero-order valence-corrected chi connectivity index (χ0v) is 15.6. The minimum absolute atomic E-state index is 0.0345. The van der Waals surface area contributed by atoms with Crippen LogP contribution in [0.5, 0.6) is 0 Å². The maximum Gasteiger partial charge on any atom is 0.220 e. The van der Waals surface area contributed by atoms with Crippen molar-refractivity contribution in [2.75, 3.05) is 19.7 Å². The number of nitrogens with zero attached hydrogens (tertiary/aromatic N) is 3. The molecule has 0 aliphatic carbocycles. The Balaban J connectivity index is 1.53. The minimum atomic E-state index is -0.418. The van der Waals surface area contributed by atoms with Crippen LogP contribution in [0.25, 0.3) is 10.9 Å². The quantitative estimate of drug-likeness (QED) is 0.921. The van der Waals surface area contributed by atoms with Gasteiger partial charge in [-0.2, -0.15) is 0 Å². The van der Waals surface area contributed by atoms with E-state index in [2.05, 4.69) is 34.1 Å². The average Bonchev–Trinajstić information content (AvgIpc) is 2.94. The number of likely N-dealkylation sites (tertiary alicyclic amines) is 2. The van der Waals surface area contributed by atoms with E-state index in [1.54, 1.807) is 6.92 Å². The van der Waals surface area contributed by atoms with Crippen LogP contribution in [0.15, 0.2) is 36.5 Å². The Morgan fingerprint density at radius 3 is 2.92 bits per heavy atom. The molecule has 3 heterocycles. The second-order valence-electron chi connectivity index (χ2n) is 8.09. The third-order valence-corrected chi connectivity index (χ3v) is 6.18. The zero-order chi connectivity index (χ0) is 18.3. The lowest BCUT2D eigenvalue weighted by Gasteiger charge is -2.40. The van der Waals surface area contributed by atoms with E-state index in [0.29, 0.717) is 5.92 Å². The Morgan fingerprint density at radius 2 is 2.15 bits per heavy atom. The number of para-hydroxylation sites is 1. The van der Waals surface area contributed by atoms with Crippen LogP contribution in [-0.4, -0.2) is 57.1 Å². The molecule has 26 heavy (non-hydrogen) atoms. The molecular weight excluding hydrogens is 326 g/mol. The van der Waals surface area contributed by atoms with Crippen molar-refractivity contribution in [1.29, 1.82) is 0 Å². The summed E-state index contributed by atoms with van der Waals surface area (Å²) < 4.78 is 0. The number of carbonyl (C=O) groups excluding carboxylic acids is 1. The van der Waals surface area contributed by atoms with Crippen molar-refractivity contribution >= 4 is 16.8 Å². The van der Waals surface area contributed by atoms with E-state index >= 15 is 0 Å². The fourth-order valence-corrected chi connectivity index (χ4v) is 5.13. The molecule has 1 aromatic carbocycles. The number of carbonyl (C=O) groups is 1. The molecule has 0 spiro atoms. The van der Waals surface area contributed by atoms with Gasteiger partial charge in [-0.15, -0.1) is 0 Å². The molecule has 4 rings (SSSR count). The van der Waals surface area contributed by atoms with Crippen LogP contribution >= 0.6 is 0 Å². The van der Waals surface area contributed by atoms with Gasteiger partial charge in [-0.1, -0.05) is 24.3 Å². The molecule has 2 fully saturated rings. The summed E-state index contributed by atoms with van der Waals surface area (Å²) in [4.78, 5) is 21.2. The molecule has 3 atom stereocenters. The highest BCUT2D eigenvalue weighted by Crippen LogP contribution is 2.42. The van der Waals surface area contributed by atoms with E-state index in [0.717, 1.165) is 38.0 Å². The molecule has 0 unspecified atom stereocenters. The van der Waals surface area contributed by atoms with E-state index in [1.165, 1.54) is 10.9 Å². The Kier molecular flexibility index (Phi) is 4.45. The van der Waals surface area contributed by atoms with Gasteiger partial charge in [0.25, 0.3) is 0 Å². The van der Waals surface area contributed by atoms with Crippen LogP contribution in [-0.2, 0) is 11.3 Å².